The second-order valence-corrected chi connectivity index (χ2v) is 7.85. The van der Waals surface area contributed by atoms with E-state index in [-0.39, 0.29) is 48.1 Å². The molecule has 0 aliphatic heterocycles. The number of fused-ring (bicyclic) bond motifs is 3. The summed E-state index contributed by atoms with van der Waals surface area (Å²) in [6.45, 7) is 1.81. The Bertz CT molecular complexity index is 1290. The Morgan fingerprint density at radius 3 is 2.29 bits per heavy atom. The highest BCUT2D eigenvalue weighted by molar-refractivity contribution is 5.95. The van der Waals surface area contributed by atoms with Gasteiger partial charge in [-0.15, -0.1) is 0 Å². The summed E-state index contributed by atoms with van der Waals surface area (Å²) in [5, 5.41) is 13.9. The van der Waals surface area contributed by atoms with Gasteiger partial charge in [-0.1, -0.05) is 60.4 Å². The molecule has 0 aromatic heterocycles. The Balaban J connectivity index is 1.31. The van der Waals surface area contributed by atoms with Gasteiger partial charge in [0, 0.05) is 30.5 Å². The highest BCUT2D eigenvalue weighted by Crippen LogP contribution is 2.44. The first-order valence-corrected chi connectivity index (χ1v) is 10.8. The first kappa shape index (κ1) is 22.7. The number of nitrogens with zero attached hydrogens (tertiary/aromatic N) is 1. The van der Waals surface area contributed by atoms with Gasteiger partial charge in [0.05, 0.1) is 4.92 Å². The molecule has 7 heteroatoms. The molecule has 0 saturated heterocycles. The molecule has 3 aromatic rings. The van der Waals surface area contributed by atoms with Crippen LogP contribution in [0.25, 0.3) is 11.1 Å². The summed E-state index contributed by atoms with van der Waals surface area (Å²) < 4.78 is 5.47. The minimum Gasteiger partial charge on any atom is -0.449 e. The number of ketones is 1. The molecule has 0 atom stereocenters. The SMILES string of the molecule is CC(=O)c1ccc(C#CCCNC(=O)OCC2c3ccccc3-c3ccccc32)c([N+](=O)[O-])c1. The number of carbonyl (C=O) groups is 2. The molecule has 0 radical (unpaired) electrons. The molecule has 0 unspecified atom stereocenters. The molecule has 1 aliphatic carbocycles. The maximum absolute atomic E-state index is 12.2. The summed E-state index contributed by atoms with van der Waals surface area (Å²) in [5.74, 6) is 5.28. The monoisotopic (exact) mass is 454 g/mol. The van der Waals surface area contributed by atoms with Gasteiger partial charge < -0.3 is 10.1 Å². The molecule has 34 heavy (non-hydrogen) atoms. The minimum atomic E-state index is -0.564. The van der Waals surface area contributed by atoms with Gasteiger partial charge in [0.15, 0.2) is 5.78 Å². The largest absolute Gasteiger partial charge is 0.449 e. The number of nitro groups is 1. The predicted octanol–water partition coefficient (Wildman–Crippen LogP) is 5.08. The Hall–Kier alpha value is -4.44. The molecule has 4 rings (SSSR count). The van der Waals surface area contributed by atoms with E-state index in [9.17, 15) is 19.7 Å². The lowest BCUT2D eigenvalue weighted by atomic mass is 9.98. The molecule has 0 spiro atoms. The number of alkyl carbamates (subject to hydrolysis) is 1. The van der Waals surface area contributed by atoms with Crippen molar-refractivity contribution >= 4 is 17.6 Å². The van der Waals surface area contributed by atoms with E-state index in [1.807, 2.05) is 24.3 Å². The average molecular weight is 454 g/mol. The quantitative estimate of drug-likeness (QED) is 0.184. The second kappa shape index (κ2) is 10.0. The number of hydrogen-bond donors (Lipinski definition) is 1. The number of nitro benzene ring substituents is 1. The fourth-order valence-electron chi connectivity index (χ4n) is 4.04. The van der Waals surface area contributed by atoms with Crippen molar-refractivity contribution in [2.24, 2.45) is 0 Å². The molecule has 0 bridgehead atoms. The fourth-order valence-corrected chi connectivity index (χ4v) is 4.04. The summed E-state index contributed by atoms with van der Waals surface area (Å²) in [7, 11) is 0. The summed E-state index contributed by atoms with van der Waals surface area (Å²) in [6.07, 6.45) is -0.254. The summed E-state index contributed by atoms with van der Waals surface area (Å²) in [5.41, 5.74) is 4.86. The van der Waals surface area contributed by atoms with Gasteiger partial charge in [-0.05, 0) is 41.3 Å². The van der Waals surface area contributed by atoms with Crippen LogP contribution in [0.5, 0.6) is 0 Å². The fraction of sp³-hybridized carbons (Fsp3) is 0.185. The molecular weight excluding hydrogens is 432 g/mol. The lowest BCUT2D eigenvalue weighted by Gasteiger charge is -2.14. The van der Waals surface area contributed by atoms with E-state index in [1.54, 1.807) is 0 Å². The zero-order chi connectivity index (χ0) is 24.1. The third-order valence-electron chi connectivity index (χ3n) is 5.69. The first-order chi connectivity index (χ1) is 16.5. The van der Waals surface area contributed by atoms with E-state index in [4.69, 9.17) is 4.74 Å². The molecule has 0 saturated carbocycles. The van der Waals surface area contributed by atoms with Crippen molar-refractivity contribution in [1.29, 1.82) is 0 Å². The van der Waals surface area contributed by atoms with Crippen LogP contribution in [-0.2, 0) is 4.74 Å². The molecule has 0 heterocycles. The lowest BCUT2D eigenvalue weighted by Crippen LogP contribution is -2.26. The van der Waals surface area contributed by atoms with Crippen LogP contribution in [0, 0.1) is 22.0 Å². The zero-order valence-electron chi connectivity index (χ0n) is 18.5. The average Bonchev–Trinajstić information content (AvgIpc) is 3.16. The summed E-state index contributed by atoms with van der Waals surface area (Å²) in [4.78, 5) is 34.3. The Labute approximate surface area is 196 Å². The second-order valence-electron chi connectivity index (χ2n) is 7.85. The lowest BCUT2D eigenvalue weighted by molar-refractivity contribution is -0.385. The van der Waals surface area contributed by atoms with Crippen molar-refractivity contribution in [3.63, 3.8) is 0 Å². The van der Waals surface area contributed by atoms with E-state index >= 15 is 0 Å². The van der Waals surface area contributed by atoms with Crippen molar-refractivity contribution in [3.8, 4) is 23.0 Å². The van der Waals surface area contributed by atoms with Crippen LogP contribution in [0.3, 0.4) is 0 Å². The van der Waals surface area contributed by atoms with E-state index in [0.717, 1.165) is 22.3 Å². The van der Waals surface area contributed by atoms with Crippen molar-refractivity contribution < 1.29 is 19.2 Å². The summed E-state index contributed by atoms with van der Waals surface area (Å²) in [6, 6.07) is 20.4. The van der Waals surface area contributed by atoms with Crippen LogP contribution in [0.2, 0.25) is 0 Å². The highest BCUT2D eigenvalue weighted by atomic mass is 16.6. The van der Waals surface area contributed by atoms with E-state index in [2.05, 4.69) is 41.4 Å². The van der Waals surface area contributed by atoms with Crippen molar-refractivity contribution in [3.05, 3.63) is 99.1 Å². The number of ether oxygens (including phenoxy) is 1. The van der Waals surface area contributed by atoms with Crippen LogP contribution >= 0.6 is 0 Å². The number of nitrogens with one attached hydrogen (secondary N) is 1. The number of Topliss-reactive ketones (excluding diaryl/α,β-unsaturated/α-hetero) is 1. The molecule has 1 amide bonds. The third-order valence-corrected chi connectivity index (χ3v) is 5.69. The van der Waals surface area contributed by atoms with Crippen LogP contribution in [0.4, 0.5) is 10.5 Å². The molecular formula is C27H22N2O5. The minimum absolute atomic E-state index is 0.0172. The molecule has 1 aliphatic rings. The van der Waals surface area contributed by atoms with Crippen LogP contribution in [0.1, 0.15) is 46.3 Å². The Kier molecular flexibility index (Phi) is 6.69. The maximum atomic E-state index is 12.2. The number of carbonyl (C=O) groups excluding carboxylic acids is 2. The third kappa shape index (κ3) is 4.81. The van der Waals surface area contributed by atoms with Gasteiger partial charge in [-0.3, -0.25) is 14.9 Å². The topological polar surface area (TPSA) is 98.5 Å². The van der Waals surface area contributed by atoms with Gasteiger partial charge in [-0.2, -0.15) is 0 Å². The van der Waals surface area contributed by atoms with Crippen LogP contribution in [-0.4, -0.2) is 30.0 Å². The Morgan fingerprint density at radius 2 is 1.68 bits per heavy atom. The van der Waals surface area contributed by atoms with E-state index < -0.39 is 11.0 Å². The highest BCUT2D eigenvalue weighted by Gasteiger charge is 2.28. The molecule has 3 aromatic carbocycles. The van der Waals surface area contributed by atoms with Crippen molar-refractivity contribution in [2.75, 3.05) is 13.2 Å². The van der Waals surface area contributed by atoms with Gasteiger partial charge in [0.1, 0.15) is 12.2 Å². The standard InChI is InChI=1S/C27H22N2O5/c1-18(30)20-14-13-19(26(16-20)29(32)33)8-6-7-15-28-27(31)34-17-25-23-11-4-2-9-21(23)22-10-3-5-12-24(22)25/h2-5,9-14,16,25H,7,15,17H2,1H3,(H,28,31). The normalized spacial score (nSPS) is 11.6. The van der Waals surface area contributed by atoms with Crippen LogP contribution < -0.4 is 5.32 Å². The van der Waals surface area contributed by atoms with Crippen molar-refractivity contribution in [2.45, 2.75) is 19.3 Å². The molecule has 7 nitrogen and oxygen atoms in total. The molecule has 1 N–H and O–H groups in total. The molecule has 170 valence electrons. The maximum Gasteiger partial charge on any atom is 0.407 e. The van der Waals surface area contributed by atoms with Gasteiger partial charge in [0.2, 0.25) is 0 Å². The first-order valence-electron chi connectivity index (χ1n) is 10.8. The van der Waals surface area contributed by atoms with Crippen LogP contribution in [0.15, 0.2) is 66.7 Å². The number of rotatable bonds is 6. The number of amides is 1. The zero-order valence-corrected chi connectivity index (χ0v) is 18.5. The Morgan fingerprint density at radius 1 is 1.03 bits per heavy atom. The van der Waals surface area contributed by atoms with Crippen molar-refractivity contribution in [1.82, 2.24) is 5.32 Å². The van der Waals surface area contributed by atoms with E-state index in [1.165, 1.54) is 25.1 Å². The van der Waals surface area contributed by atoms with Gasteiger partial charge in [0.25, 0.3) is 5.69 Å². The number of benzene rings is 3. The predicted molar refractivity (Wildman–Crippen MR) is 128 cm³/mol. The number of hydrogen-bond acceptors (Lipinski definition) is 5. The molecule has 0 fully saturated rings. The summed E-state index contributed by atoms with van der Waals surface area (Å²) >= 11 is 0. The van der Waals surface area contributed by atoms with E-state index in [0.29, 0.717) is 0 Å². The van der Waals surface area contributed by atoms with Gasteiger partial charge >= 0.3 is 6.09 Å². The van der Waals surface area contributed by atoms with Gasteiger partial charge in [-0.25, -0.2) is 4.79 Å². The smallest absolute Gasteiger partial charge is 0.407 e.